The third-order valence-corrected chi connectivity index (χ3v) is 2.18. The van der Waals surface area contributed by atoms with Gasteiger partial charge in [-0.15, -0.1) is 0 Å². The summed E-state index contributed by atoms with van der Waals surface area (Å²) in [5, 5.41) is 9.21. The first kappa shape index (κ1) is 9.39. The van der Waals surface area contributed by atoms with Crippen molar-refractivity contribution in [1.82, 2.24) is 9.55 Å². The lowest BCUT2D eigenvalue weighted by Crippen LogP contribution is -2.17. The number of para-hydroxylation sites is 1. The quantitative estimate of drug-likeness (QED) is 0.739. The number of hydrogen-bond acceptors (Lipinski definition) is 3. The fourth-order valence-electron chi connectivity index (χ4n) is 1.41. The zero-order valence-electron chi connectivity index (χ0n) is 7.97. The van der Waals surface area contributed by atoms with Crippen LogP contribution >= 0.6 is 0 Å². The monoisotopic (exact) mass is 204 g/mol. The fraction of sp³-hybridized carbons (Fsp3) is 0.100. The molecule has 0 radical (unpaired) electrons. The zero-order chi connectivity index (χ0) is 11.0. The van der Waals surface area contributed by atoms with Crippen molar-refractivity contribution in [1.29, 1.82) is 0 Å². The van der Waals surface area contributed by atoms with E-state index in [0.717, 1.165) is 0 Å². The first-order chi connectivity index (χ1) is 7.11. The van der Waals surface area contributed by atoms with Gasteiger partial charge in [-0.05, 0) is 12.1 Å². The van der Waals surface area contributed by atoms with Gasteiger partial charge >= 0.3 is 5.97 Å². The molecule has 0 saturated carbocycles. The van der Waals surface area contributed by atoms with E-state index in [-0.39, 0.29) is 16.6 Å². The molecule has 5 heteroatoms. The largest absolute Gasteiger partial charge is 0.478 e. The van der Waals surface area contributed by atoms with Crippen molar-refractivity contribution < 1.29 is 9.90 Å². The predicted molar refractivity (Wildman–Crippen MR) is 53.9 cm³/mol. The van der Waals surface area contributed by atoms with Crippen molar-refractivity contribution in [3.63, 3.8) is 0 Å². The lowest BCUT2D eigenvalue weighted by atomic mass is 10.1. The van der Waals surface area contributed by atoms with Crippen molar-refractivity contribution in [3.05, 3.63) is 40.4 Å². The highest BCUT2D eigenvalue weighted by Crippen LogP contribution is 2.12. The van der Waals surface area contributed by atoms with Crippen molar-refractivity contribution in [3.8, 4) is 0 Å². The summed E-state index contributed by atoms with van der Waals surface area (Å²) in [6, 6.07) is 4.53. The molecule has 1 heterocycles. The van der Waals surface area contributed by atoms with Gasteiger partial charge in [0.15, 0.2) is 0 Å². The smallest absolute Gasteiger partial charge is 0.337 e. The molecule has 0 fully saturated rings. The van der Waals surface area contributed by atoms with Crippen LogP contribution in [0.4, 0.5) is 0 Å². The molecule has 0 aliphatic rings. The Morgan fingerprint density at radius 3 is 2.87 bits per heavy atom. The predicted octanol–water partition coefficient (Wildman–Crippen LogP) is 0.632. The molecule has 0 bridgehead atoms. The number of aromatic carboxylic acids is 1. The van der Waals surface area contributed by atoms with Gasteiger partial charge in [-0.25, -0.2) is 9.78 Å². The summed E-state index contributed by atoms with van der Waals surface area (Å²) < 4.78 is 1.31. The van der Waals surface area contributed by atoms with Crippen LogP contribution in [0.15, 0.2) is 29.3 Å². The van der Waals surface area contributed by atoms with Gasteiger partial charge in [0.05, 0.1) is 22.8 Å². The number of rotatable bonds is 1. The summed E-state index contributed by atoms with van der Waals surface area (Å²) in [5.74, 6) is -1.08. The molecule has 0 spiro atoms. The number of carboxylic acids is 1. The Labute approximate surface area is 84.6 Å². The molecule has 5 nitrogen and oxygen atoms in total. The second-order valence-corrected chi connectivity index (χ2v) is 3.17. The van der Waals surface area contributed by atoms with Crippen LogP contribution < -0.4 is 5.56 Å². The van der Waals surface area contributed by atoms with E-state index < -0.39 is 5.97 Å². The van der Waals surface area contributed by atoms with Crippen LogP contribution in [-0.4, -0.2) is 20.6 Å². The van der Waals surface area contributed by atoms with Gasteiger partial charge in [0.2, 0.25) is 0 Å². The highest BCUT2D eigenvalue weighted by molar-refractivity contribution is 6.01. The molecule has 0 atom stereocenters. The maximum absolute atomic E-state index is 11.6. The van der Waals surface area contributed by atoms with Gasteiger partial charge in [-0.2, -0.15) is 0 Å². The summed E-state index contributed by atoms with van der Waals surface area (Å²) >= 11 is 0. The van der Waals surface area contributed by atoms with E-state index in [1.54, 1.807) is 13.1 Å². The molecule has 1 aromatic heterocycles. The number of hydrogen-bond donors (Lipinski definition) is 1. The molecule has 1 N–H and O–H groups in total. The molecule has 1 aromatic carbocycles. The minimum Gasteiger partial charge on any atom is -0.478 e. The number of fused-ring (bicyclic) bond motifs is 1. The summed E-state index contributed by atoms with van der Waals surface area (Å²) in [6.07, 6.45) is 1.32. The highest BCUT2D eigenvalue weighted by atomic mass is 16.4. The minimum absolute atomic E-state index is 0.0465. The van der Waals surface area contributed by atoms with Crippen LogP contribution in [0.3, 0.4) is 0 Å². The third-order valence-electron chi connectivity index (χ3n) is 2.18. The van der Waals surface area contributed by atoms with Crippen molar-refractivity contribution in [2.75, 3.05) is 0 Å². The molecule has 15 heavy (non-hydrogen) atoms. The van der Waals surface area contributed by atoms with Crippen molar-refractivity contribution >= 4 is 16.9 Å². The molecular weight excluding hydrogens is 196 g/mol. The summed E-state index contributed by atoms with van der Waals surface area (Å²) in [4.78, 5) is 26.4. The van der Waals surface area contributed by atoms with Gasteiger partial charge < -0.3 is 9.67 Å². The Hall–Kier alpha value is -2.17. The van der Waals surface area contributed by atoms with Crippen LogP contribution in [0.2, 0.25) is 0 Å². The lowest BCUT2D eigenvalue weighted by molar-refractivity contribution is 0.0699. The lowest BCUT2D eigenvalue weighted by Gasteiger charge is -2.02. The number of aromatic nitrogens is 2. The van der Waals surface area contributed by atoms with Gasteiger partial charge in [-0.1, -0.05) is 6.07 Å². The van der Waals surface area contributed by atoms with E-state index in [1.807, 2.05) is 0 Å². The number of carbonyl (C=O) groups is 1. The number of aryl methyl sites for hydroxylation is 1. The molecule has 0 aliphatic heterocycles. The van der Waals surface area contributed by atoms with Crippen LogP contribution in [0.25, 0.3) is 10.9 Å². The number of benzene rings is 1. The third kappa shape index (κ3) is 1.38. The molecule has 76 valence electrons. The molecule has 0 saturated heterocycles. The Morgan fingerprint density at radius 2 is 2.20 bits per heavy atom. The van der Waals surface area contributed by atoms with E-state index in [1.165, 1.54) is 23.0 Å². The van der Waals surface area contributed by atoms with E-state index >= 15 is 0 Å². The first-order valence-corrected chi connectivity index (χ1v) is 4.29. The molecule has 2 rings (SSSR count). The van der Waals surface area contributed by atoms with E-state index in [0.29, 0.717) is 5.39 Å². The van der Waals surface area contributed by atoms with Crippen LogP contribution in [0.1, 0.15) is 10.4 Å². The zero-order valence-corrected chi connectivity index (χ0v) is 7.97. The molecule has 0 amide bonds. The van der Waals surface area contributed by atoms with Gasteiger partial charge in [0.25, 0.3) is 5.56 Å². The fourth-order valence-corrected chi connectivity index (χ4v) is 1.41. The van der Waals surface area contributed by atoms with Crippen LogP contribution in [0.5, 0.6) is 0 Å². The number of carboxylic acid groups (broad SMARTS) is 1. The van der Waals surface area contributed by atoms with Gasteiger partial charge in [0, 0.05) is 7.05 Å². The van der Waals surface area contributed by atoms with E-state index in [9.17, 15) is 9.59 Å². The Kier molecular flexibility index (Phi) is 2.00. The first-order valence-electron chi connectivity index (χ1n) is 4.29. The summed E-state index contributed by atoms with van der Waals surface area (Å²) in [5.41, 5.74) is 0.0291. The summed E-state index contributed by atoms with van der Waals surface area (Å²) in [7, 11) is 1.57. The minimum atomic E-state index is -1.08. The summed E-state index contributed by atoms with van der Waals surface area (Å²) in [6.45, 7) is 0. The average molecular weight is 204 g/mol. The van der Waals surface area contributed by atoms with Crippen LogP contribution in [0, 0.1) is 0 Å². The maximum Gasteiger partial charge on any atom is 0.337 e. The van der Waals surface area contributed by atoms with Gasteiger partial charge in [-0.3, -0.25) is 4.79 Å². The van der Waals surface area contributed by atoms with Crippen LogP contribution in [-0.2, 0) is 7.05 Å². The standard InChI is InChI=1S/C10H8N2O3/c1-12-5-11-8-6(9(12)13)3-2-4-7(8)10(14)15/h2-5H,1H3,(H,14,15). The molecule has 0 unspecified atom stereocenters. The van der Waals surface area contributed by atoms with Crippen molar-refractivity contribution in [2.45, 2.75) is 0 Å². The second kappa shape index (κ2) is 3.20. The average Bonchev–Trinajstić information content (AvgIpc) is 2.23. The normalized spacial score (nSPS) is 10.5. The van der Waals surface area contributed by atoms with E-state index in [4.69, 9.17) is 5.11 Å². The molecule has 2 aromatic rings. The van der Waals surface area contributed by atoms with E-state index in [2.05, 4.69) is 4.98 Å². The van der Waals surface area contributed by atoms with Gasteiger partial charge in [0.1, 0.15) is 0 Å². The SMILES string of the molecule is Cn1cnc2c(C(=O)O)cccc2c1=O. The number of nitrogens with zero attached hydrogens (tertiary/aromatic N) is 2. The Bertz CT molecular complexity index is 601. The Morgan fingerprint density at radius 1 is 1.47 bits per heavy atom. The van der Waals surface area contributed by atoms with Crippen molar-refractivity contribution in [2.24, 2.45) is 7.05 Å². The molecule has 0 aliphatic carbocycles. The topological polar surface area (TPSA) is 72.2 Å². The molecular formula is C10H8N2O3. The maximum atomic E-state index is 11.6. The second-order valence-electron chi connectivity index (χ2n) is 3.17. The Balaban J connectivity index is 2.96. The highest BCUT2D eigenvalue weighted by Gasteiger charge is 2.11.